The molecule has 0 atom stereocenters. The minimum Gasteiger partial charge on any atom is -0.459 e. The van der Waals surface area contributed by atoms with Crippen LogP contribution in [0.1, 0.15) is 34.9 Å². The summed E-state index contributed by atoms with van der Waals surface area (Å²) in [6, 6.07) is 11.6. The van der Waals surface area contributed by atoms with Crippen molar-refractivity contribution in [3.63, 3.8) is 0 Å². The summed E-state index contributed by atoms with van der Waals surface area (Å²) in [6.45, 7) is 0.315. The van der Waals surface area contributed by atoms with Crippen LogP contribution >= 0.6 is 27.3 Å². The van der Waals surface area contributed by atoms with Gasteiger partial charge in [0.2, 0.25) is 5.91 Å². The molecule has 1 aliphatic rings. The van der Waals surface area contributed by atoms with Crippen molar-refractivity contribution in [3.8, 4) is 11.3 Å². The number of halogens is 1. The van der Waals surface area contributed by atoms with Gasteiger partial charge < -0.3 is 14.7 Å². The number of benzene rings is 1. The fourth-order valence-corrected chi connectivity index (χ4v) is 5.46. The first-order valence-corrected chi connectivity index (χ1v) is 11.8. The van der Waals surface area contributed by atoms with E-state index in [0.29, 0.717) is 24.6 Å². The lowest BCUT2D eigenvalue weighted by Gasteiger charge is -2.04. The molecule has 0 bridgehead atoms. The van der Waals surface area contributed by atoms with Gasteiger partial charge in [-0.3, -0.25) is 9.59 Å². The number of amides is 1. The monoisotopic (exact) mass is 497 g/mol. The fourth-order valence-electron chi connectivity index (χ4n) is 3.91. The van der Waals surface area contributed by atoms with Crippen LogP contribution in [0.25, 0.3) is 21.5 Å². The van der Waals surface area contributed by atoms with E-state index in [1.807, 2.05) is 36.4 Å². The van der Waals surface area contributed by atoms with Crippen molar-refractivity contribution in [1.29, 1.82) is 0 Å². The molecule has 6 nitrogen and oxygen atoms in total. The maximum atomic E-state index is 12.5. The first-order valence-electron chi connectivity index (χ1n) is 10.2. The van der Waals surface area contributed by atoms with E-state index in [1.165, 1.54) is 10.4 Å². The van der Waals surface area contributed by atoms with Gasteiger partial charge in [-0.2, -0.15) is 0 Å². The predicted octanol–water partition coefficient (Wildman–Crippen LogP) is 4.74. The Balaban J connectivity index is 1.18. The number of carbonyl (C=O) groups is 1. The van der Waals surface area contributed by atoms with Crippen molar-refractivity contribution < 1.29 is 9.21 Å². The van der Waals surface area contributed by atoms with E-state index >= 15 is 0 Å². The normalized spacial score (nSPS) is 12.9. The number of fused-ring (bicyclic) bond motifs is 3. The second-order valence-electron chi connectivity index (χ2n) is 7.60. The van der Waals surface area contributed by atoms with E-state index < -0.39 is 0 Å². The van der Waals surface area contributed by atoms with Crippen LogP contribution in [-0.2, 0) is 30.6 Å². The minimum atomic E-state index is -0.113. The number of nitrogens with zero attached hydrogens (tertiary/aromatic N) is 1. The summed E-state index contributed by atoms with van der Waals surface area (Å²) < 4.78 is 6.84. The van der Waals surface area contributed by atoms with E-state index in [1.54, 1.807) is 11.3 Å². The molecule has 3 aromatic heterocycles. The van der Waals surface area contributed by atoms with Crippen molar-refractivity contribution >= 4 is 43.4 Å². The van der Waals surface area contributed by atoms with Crippen molar-refractivity contribution in [2.75, 3.05) is 0 Å². The second-order valence-corrected chi connectivity index (χ2v) is 9.60. The quantitative estimate of drug-likeness (QED) is 0.402. The largest absolute Gasteiger partial charge is 0.459 e. The molecular weight excluding hydrogens is 478 g/mol. The van der Waals surface area contributed by atoms with Crippen molar-refractivity contribution in [3.05, 3.63) is 73.2 Å². The zero-order valence-electron chi connectivity index (χ0n) is 16.7. The van der Waals surface area contributed by atoms with Gasteiger partial charge in [-0.05, 0) is 49.1 Å². The summed E-state index contributed by atoms with van der Waals surface area (Å²) in [5.41, 5.74) is 2.06. The van der Waals surface area contributed by atoms with Gasteiger partial charge in [0.15, 0.2) is 0 Å². The number of H-pyrrole nitrogens is 1. The highest BCUT2D eigenvalue weighted by atomic mass is 79.9. The van der Waals surface area contributed by atoms with Gasteiger partial charge in [-0.15, -0.1) is 11.3 Å². The van der Waals surface area contributed by atoms with Crippen molar-refractivity contribution in [2.45, 2.75) is 38.6 Å². The molecule has 0 saturated heterocycles. The van der Waals surface area contributed by atoms with E-state index in [4.69, 9.17) is 4.42 Å². The molecule has 158 valence electrons. The summed E-state index contributed by atoms with van der Waals surface area (Å²) in [4.78, 5) is 34.3. The third-order valence-corrected chi connectivity index (χ3v) is 7.18. The number of aryl methyl sites for hydroxylation is 3. The molecule has 8 heteroatoms. The molecule has 1 aliphatic carbocycles. The van der Waals surface area contributed by atoms with Crippen LogP contribution in [0.5, 0.6) is 0 Å². The van der Waals surface area contributed by atoms with Crippen molar-refractivity contribution in [1.82, 2.24) is 15.3 Å². The molecule has 0 fully saturated rings. The summed E-state index contributed by atoms with van der Waals surface area (Å²) in [6.07, 6.45) is 3.74. The number of carbonyl (C=O) groups excluding carboxylic acids is 1. The standard InChI is InChI=1S/C23H20BrN3O3S/c24-14-6-4-13(5-7-14)17-9-8-15(30-17)12-25-20(28)11-10-19-26-22(29)21-16-2-1-3-18(16)31-23(21)27-19/h4-9H,1-3,10-12H2,(H,25,28)(H,26,27,29). The summed E-state index contributed by atoms with van der Waals surface area (Å²) >= 11 is 5.03. The molecule has 0 unspecified atom stereocenters. The Morgan fingerprint density at radius 3 is 2.87 bits per heavy atom. The summed E-state index contributed by atoms with van der Waals surface area (Å²) in [5, 5.41) is 3.61. The van der Waals surface area contributed by atoms with Gasteiger partial charge in [-0.25, -0.2) is 4.98 Å². The molecule has 2 N–H and O–H groups in total. The zero-order chi connectivity index (χ0) is 21.4. The molecule has 1 amide bonds. The molecule has 4 aromatic rings. The number of aromatic amines is 1. The van der Waals surface area contributed by atoms with E-state index in [-0.39, 0.29) is 17.9 Å². The lowest BCUT2D eigenvalue weighted by atomic mass is 10.2. The van der Waals surface area contributed by atoms with Crippen LogP contribution < -0.4 is 10.9 Å². The predicted molar refractivity (Wildman–Crippen MR) is 124 cm³/mol. The molecule has 1 aromatic carbocycles. The van der Waals surface area contributed by atoms with Crippen LogP contribution in [0.2, 0.25) is 0 Å². The smallest absolute Gasteiger partial charge is 0.259 e. The summed E-state index contributed by atoms with van der Waals surface area (Å²) in [7, 11) is 0. The molecule has 0 saturated carbocycles. The average Bonchev–Trinajstić information content (AvgIpc) is 3.47. The molecule has 0 spiro atoms. The van der Waals surface area contributed by atoms with Crippen LogP contribution in [-0.4, -0.2) is 15.9 Å². The first kappa shape index (κ1) is 20.2. The Hall–Kier alpha value is -2.71. The zero-order valence-corrected chi connectivity index (χ0v) is 19.1. The lowest BCUT2D eigenvalue weighted by Crippen LogP contribution is -2.23. The second kappa shape index (κ2) is 8.43. The number of nitrogens with one attached hydrogen (secondary N) is 2. The highest BCUT2D eigenvalue weighted by Gasteiger charge is 2.21. The number of rotatable bonds is 6. The average molecular weight is 498 g/mol. The van der Waals surface area contributed by atoms with Crippen LogP contribution in [0.15, 0.2) is 50.1 Å². The van der Waals surface area contributed by atoms with Crippen LogP contribution in [0.4, 0.5) is 0 Å². The molecule has 0 aliphatic heterocycles. The number of aromatic nitrogens is 2. The third kappa shape index (κ3) is 4.22. The van der Waals surface area contributed by atoms with E-state index in [9.17, 15) is 9.59 Å². The van der Waals surface area contributed by atoms with E-state index in [0.717, 1.165) is 45.3 Å². The molecule has 3 heterocycles. The molecule has 31 heavy (non-hydrogen) atoms. The Labute approximate surface area is 190 Å². The molecular formula is C23H20BrN3O3S. The third-order valence-electron chi connectivity index (χ3n) is 5.46. The van der Waals surface area contributed by atoms with Gasteiger partial charge in [0.1, 0.15) is 22.2 Å². The van der Waals surface area contributed by atoms with Crippen LogP contribution in [0, 0.1) is 0 Å². The van der Waals surface area contributed by atoms with Gasteiger partial charge in [0, 0.05) is 27.8 Å². The highest BCUT2D eigenvalue weighted by molar-refractivity contribution is 9.10. The van der Waals surface area contributed by atoms with Crippen LogP contribution in [0.3, 0.4) is 0 Å². The Kier molecular flexibility index (Phi) is 5.50. The maximum Gasteiger partial charge on any atom is 0.259 e. The lowest BCUT2D eigenvalue weighted by molar-refractivity contribution is -0.121. The van der Waals surface area contributed by atoms with Crippen molar-refractivity contribution in [2.24, 2.45) is 0 Å². The number of hydrogen-bond donors (Lipinski definition) is 2. The topological polar surface area (TPSA) is 88.0 Å². The Morgan fingerprint density at radius 2 is 2.03 bits per heavy atom. The first-order chi connectivity index (χ1) is 15.1. The van der Waals surface area contributed by atoms with Gasteiger partial charge >= 0.3 is 0 Å². The van der Waals surface area contributed by atoms with E-state index in [2.05, 4.69) is 31.2 Å². The summed E-state index contributed by atoms with van der Waals surface area (Å²) in [5.74, 6) is 1.89. The number of hydrogen-bond acceptors (Lipinski definition) is 5. The SMILES string of the molecule is O=C(CCc1nc2sc3c(c2c(=O)[nH]1)CCC3)NCc1ccc(-c2ccc(Br)cc2)o1. The molecule has 0 radical (unpaired) electrons. The maximum absolute atomic E-state index is 12.5. The van der Waals surface area contributed by atoms with Gasteiger partial charge in [0.25, 0.3) is 5.56 Å². The molecule has 5 rings (SSSR count). The Bertz CT molecular complexity index is 1320. The number of thiophene rings is 1. The number of furan rings is 1. The fraction of sp³-hybridized carbons (Fsp3) is 0.261. The Morgan fingerprint density at radius 1 is 1.19 bits per heavy atom. The van der Waals surface area contributed by atoms with Gasteiger partial charge in [0.05, 0.1) is 11.9 Å². The highest BCUT2D eigenvalue weighted by Crippen LogP contribution is 2.34. The van der Waals surface area contributed by atoms with Gasteiger partial charge in [-0.1, -0.05) is 28.1 Å². The minimum absolute atomic E-state index is 0.0872.